The molecule has 1 saturated heterocycles. The molecule has 3 heterocycles. The molecule has 0 saturated carbocycles. The van der Waals surface area contributed by atoms with E-state index < -0.39 is 5.41 Å². The molecule has 1 fully saturated rings. The summed E-state index contributed by atoms with van der Waals surface area (Å²) in [5, 5.41) is 7.46. The van der Waals surface area contributed by atoms with Gasteiger partial charge in [0.1, 0.15) is 0 Å². The van der Waals surface area contributed by atoms with Crippen molar-refractivity contribution in [3.8, 4) is 11.5 Å². The molecule has 0 radical (unpaired) electrons. The Morgan fingerprint density at radius 2 is 1.80 bits per heavy atom. The van der Waals surface area contributed by atoms with E-state index in [4.69, 9.17) is 14.6 Å². The third-order valence-corrected chi connectivity index (χ3v) is 7.11. The molecule has 5 rings (SSSR count). The molecule has 2 aromatic carbocycles. The van der Waals surface area contributed by atoms with Crippen LogP contribution in [0.3, 0.4) is 0 Å². The third-order valence-electron chi connectivity index (χ3n) is 7.11. The number of hydrogen-bond acceptors (Lipinski definition) is 5. The molecule has 1 N–H and O–H groups in total. The predicted molar refractivity (Wildman–Crippen MR) is 134 cm³/mol. The van der Waals surface area contributed by atoms with Crippen molar-refractivity contribution >= 4 is 28.4 Å². The number of likely N-dealkylation sites (tertiary alicyclic amines) is 1. The summed E-state index contributed by atoms with van der Waals surface area (Å²) in [7, 11) is 3.18. The molecular formula is C27H30N4O4. The van der Waals surface area contributed by atoms with E-state index in [1.165, 1.54) is 0 Å². The Morgan fingerprint density at radius 3 is 2.51 bits per heavy atom. The zero-order chi connectivity index (χ0) is 24.7. The second-order valence-corrected chi connectivity index (χ2v) is 9.56. The number of fused-ring (bicyclic) bond motifs is 1. The normalized spacial score (nSPS) is 18.2. The van der Waals surface area contributed by atoms with Crippen molar-refractivity contribution in [1.82, 2.24) is 14.9 Å². The number of aromatic nitrogens is 1. The molecule has 35 heavy (non-hydrogen) atoms. The fraction of sp³-hybridized carbons (Fsp3) is 0.370. The highest BCUT2D eigenvalue weighted by Crippen LogP contribution is 2.37. The van der Waals surface area contributed by atoms with Crippen LogP contribution in [-0.2, 0) is 4.79 Å². The maximum Gasteiger partial charge on any atom is 0.255 e. The van der Waals surface area contributed by atoms with Crippen LogP contribution >= 0.6 is 0 Å². The molecule has 2 aliphatic heterocycles. The van der Waals surface area contributed by atoms with Gasteiger partial charge in [0.05, 0.1) is 42.5 Å². The highest BCUT2D eigenvalue weighted by molar-refractivity contribution is 6.19. The molecule has 2 aliphatic rings. The van der Waals surface area contributed by atoms with Gasteiger partial charge >= 0.3 is 0 Å². The van der Waals surface area contributed by atoms with Gasteiger partial charge in [-0.2, -0.15) is 5.10 Å². The molecule has 1 aromatic heterocycles. The number of carbonyl (C=O) groups excluding carboxylic acids is 2. The zero-order valence-electron chi connectivity index (χ0n) is 20.5. The van der Waals surface area contributed by atoms with Crippen LogP contribution < -0.4 is 9.47 Å². The SMILES string of the molecule is COc1ccc(C2=NN(C3CCN(C(=O)c4cccc5cc[nH]c45)CC3)C(=O)C2(C)C)cc1OC. The largest absolute Gasteiger partial charge is 0.493 e. The fourth-order valence-corrected chi connectivity index (χ4v) is 5.06. The van der Waals surface area contributed by atoms with E-state index in [9.17, 15) is 9.59 Å². The predicted octanol–water partition coefficient (Wildman–Crippen LogP) is 4.06. The van der Waals surface area contributed by atoms with Gasteiger partial charge in [-0.1, -0.05) is 12.1 Å². The maximum atomic E-state index is 13.4. The number of hydrazone groups is 1. The first kappa shape index (κ1) is 23.0. The molecule has 0 atom stereocenters. The van der Waals surface area contributed by atoms with E-state index >= 15 is 0 Å². The second-order valence-electron chi connectivity index (χ2n) is 9.56. The first-order chi connectivity index (χ1) is 16.8. The summed E-state index contributed by atoms with van der Waals surface area (Å²) in [5.41, 5.74) is 2.31. The van der Waals surface area contributed by atoms with Gasteiger partial charge in [0.15, 0.2) is 11.5 Å². The van der Waals surface area contributed by atoms with Gasteiger partial charge in [0, 0.05) is 30.2 Å². The Morgan fingerprint density at radius 1 is 1.06 bits per heavy atom. The number of para-hydroxylation sites is 1. The summed E-state index contributed by atoms with van der Waals surface area (Å²) in [6, 6.07) is 13.3. The third kappa shape index (κ3) is 3.83. The number of carbonyl (C=O) groups is 2. The van der Waals surface area contributed by atoms with Crippen molar-refractivity contribution in [2.75, 3.05) is 27.3 Å². The van der Waals surface area contributed by atoms with Crippen LogP contribution in [0.1, 0.15) is 42.6 Å². The monoisotopic (exact) mass is 474 g/mol. The molecule has 182 valence electrons. The van der Waals surface area contributed by atoms with Crippen molar-refractivity contribution in [1.29, 1.82) is 0 Å². The Labute approximate surface area is 204 Å². The zero-order valence-corrected chi connectivity index (χ0v) is 20.5. The van der Waals surface area contributed by atoms with Gasteiger partial charge in [0.25, 0.3) is 11.8 Å². The molecule has 0 unspecified atom stereocenters. The van der Waals surface area contributed by atoms with E-state index in [2.05, 4.69) is 4.98 Å². The molecule has 3 aromatic rings. The number of benzene rings is 2. The van der Waals surface area contributed by atoms with Crippen molar-refractivity contribution < 1.29 is 19.1 Å². The number of aromatic amines is 1. The molecule has 8 nitrogen and oxygen atoms in total. The number of hydrogen-bond donors (Lipinski definition) is 1. The van der Waals surface area contributed by atoms with Crippen molar-refractivity contribution in [2.45, 2.75) is 32.7 Å². The van der Waals surface area contributed by atoms with E-state index in [1.54, 1.807) is 19.2 Å². The quantitative estimate of drug-likeness (QED) is 0.604. The van der Waals surface area contributed by atoms with Crippen LogP contribution in [-0.4, -0.2) is 65.8 Å². The molecule has 0 aliphatic carbocycles. The van der Waals surface area contributed by atoms with Gasteiger partial charge in [-0.3, -0.25) is 9.59 Å². The number of rotatable bonds is 5. The lowest BCUT2D eigenvalue weighted by Gasteiger charge is -2.35. The van der Waals surface area contributed by atoms with Crippen LogP contribution in [0.4, 0.5) is 0 Å². The van der Waals surface area contributed by atoms with Crippen molar-refractivity contribution in [2.24, 2.45) is 10.5 Å². The summed E-state index contributed by atoms with van der Waals surface area (Å²) < 4.78 is 10.8. The molecule has 2 amide bonds. The lowest BCUT2D eigenvalue weighted by atomic mass is 9.83. The van der Waals surface area contributed by atoms with Crippen LogP contribution in [0, 0.1) is 5.41 Å². The van der Waals surface area contributed by atoms with E-state index in [-0.39, 0.29) is 17.9 Å². The average Bonchev–Trinajstić information content (AvgIpc) is 3.45. The summed E-state index contributed by atoms with van der Waals surface area (Å²) in [6.45, 7) is 4.96. The standard InChI is InChI=1S/C27H30N4O4/c1-27(2)24(18-8-9-21(34-3)22(16-18)35-4)29-31(26(27)33)19-11-14-30(15-12-19)25(32)20-7-5-6-17-10-13-28-23(17)20/h5-10,13,16,19,28H,11-12,14-15H2,1-4H3. The smallest absolute Gasteiger partial charge is 0.255 e. The van der Waals surface area contributed by atoms with E-state index in [0.717, 1.165) is 16.5 Å². The fourth-order valence-electron chi connectivity index (χ4n) is 5.06. The van der Waals surface area contributed by atoms with Gasteiger partial charge < -0.3 is 19.4 Å². The Balaban J connectivity index is 1.34. The van der Waals surface area contributed by atoms with E-state index in [0.29, 0.717) is 48.7 Å². The van der Waals surface area contributed by atoms with Crippen LogP contribution in [0.2, 0.25) is 0 Å². The van der Waals surface area contributed by atoms with Crippen LogP contribution in [0.25, 0.3) is 10.9 Å². The number of amides is 2. The Kier molecular flexibility index (Phi) is 5.75. The lowest BCUT2D eigenvalue weighted by Crippen LogP contribution is -2.47. The Hall–Kier alpha value is -3.81. The second kappa shape index (κ2) is 8.76. The number of nitrogens with zero attached hydrogens (tertiary/aromatic N) is 3. The molecule has 0 bridgehead atoms. The first-order valence-electron chi connectivity index (χ1n) is 11.9. The number of nitrogens with one attached hydrogen (secondary N) is 1. The summed E-state index contributed by atoms with van der Waals surface area (Å²) >= 11 is 0. The minimum absolute atomic E-state index is 0.0131. The number of piperidine rings is 1. The lowest BCUT2D eigenvalue weighted by molar-refractivity contribution is -0.137. The molecule has 8 heteroatoms. The summed E-state index contributed by atoms with van der Waals surface area (Å²) in [6.07, 6.45) is 3.20. The van der Waals surface area contributed by atoms with Gasteiger partial charge in [0.2, 0.25) is 0 Å². The number of H-pyrrole nitrogens is 1. The average molecular weight is 475 g/mol. The highest BCUT2D eigenvalue weighted by atomic mass is 16.5. The number of methoxy groups -OCH3 is 2. The van der Waals surface area contributed by atoms with Gasteiger partial charge in [-0.05, 0) is 57.0 Å². The van der Waals surface area contributed by atoms with Crippen molar-refractivity contribution in [3.05, 3.63) is 59.8 Å². The topological polar surface area (TPSA) is 87.2 Å². The first-order valence-corrected chi connectivity index (χ1v) is 11.9. The van der Waals surface area contributed by atoms with Crippen molar-refractivity contribution in [3.63, 3.8) is 0 Å². The Bertz CT molecular complexity index is 1320. The highest BCUT2D eigenvalue weighted by Gasteiger charge is 2.47. The summed E-state index contributed by atoms with van der Waals surface area (Å²) in [5.74, 6) is 1.21. The van der Waals surface area contributed by atoms with E-state index in [1.807, 2.05) is 67.4 Å². The minimum atomic E-state index is -0.768. The number of ether oxygens (including phenoxy) is 2. The summed E-state index contributed by atoms with van der Waals surface area (Å²) in [4.78, 5) is 31.7. The van der Waals surface area contributed by atoms with Crippen LogP contribution in [0.5, 0.6) is 11.5 Å². The maximum absolute atomic E-state index is 13.4. The molecule has 0 spiro atoms. The van der Waals surface area contributed by atoms with Gasteiger partial charge in [-0.15, -0.1) is 0 Å². The molecular weight excluding hydrogens is 444 g/mol. The van der Waals surface area contributed by atoms with Crippen LogP contribution in [0.15, 0.2) is 53.8 Å². The van der Waals surface area contributed by atoms with Gasteiger partial charge in [-0.25, -0.2) is 5.01 Å². The minimum Gasteiger partial charge on any atom is -0.493 e.